The van der Waals surface area contributed by atoms with E-state index < -0.39 is 0 Å². The van der Waals surface area contributed by atoms with E-state index in [1.54, 1.807) is 0 Å². The molecular formula is C30H43Cl2N5O2. The number of benzene rings is 1. The molecule has 9 heteroatoms. The summed E-state index contributed by atoms with van der Waals surface area (Å²) in [6.45, 7) is 4.31. The molecule has 3 aromatic rings. The summed E-state index contributed by atoms with van der Waals surface area (Å²) in [6, 6.07) is 8.64. The number of ether oxygens (including phenoxy) is 2. The van der Waals surface area contributed by atoms with Gasteiger partial charge in [0.15, 0.2) is 0 Å². The van der Waals surface area contributed by atoms with Gasteiger partial charge in [-0.25, -0.2) is 0 Å². The maximum Gasteiger partial charge on any atom is 0.234 e. The Morgan fingerprint density at radius 2 is 1.59 bits per heavy atom. The summed E-state index contributed by atoms with van der Waals surface area (Å²) >= 11 is 0. The lowest BCUT2D eigenvalue weighted by Gasteiger charge is -2.29. The zero-order chi connectivity index (χ0) is 25.6. The van der Waals surface area contributed by atoms with Crippen molar-refractivity contribution in [2.45, 2.75) is 83.3 Å². The smallest absolute Gasteiger partial charge is 0.234 e. The lowest BCUT2D eigenvalue weighted by atomic mass is 9.96. The van der Waals surface area contributed by atoms with Gasteiger partial charge in [-0.05, 0) is 76.1 Å². The van der Waals surface area contributed by atoms with Crippen LogP contribution in [0, 0.1) is 0 Å². The third-order valence-electron chi connectivity index (χ3n) is 7.72. The largest absolute Gasteiger partial charge is 0.490 e. The molecule has 1 aliphatic heterocycles. The lowest BCUT2D eigenvalue weighted by Crippen LogP contribution is -2.35. The minimum atomic E-state index is 0. The molecule has 3 heterocycles. The molecule has 1 saturated carbocycles. The molecule has 0 amide bonds. The molecule has 1 saturated heterocycles. The summed E-state index contributed by atoms with van der Waals surface area (Å²) in [4.78, 5) is 2.35. The Morgan fingerprint density at radius 1 is 0.846 bits per heavy atom. The molecule has 2 fully saturated rings. The van der Waals surface area contributed by atoms with Crippen molar-refractivity contribution in [2.75, 3.05) is 20.1 Å². The average Bonchev–Trinajstić information content (AvgIpc) is 3.36. The number of likely N-dealkylation sites (tertiary alicyclic amines) is 1. The molecule has 0 spiro atoms. The van der Waals surface area contributed by atoms with Crippen LogP contribution < -0.4 is 9.47 Å². The van der Waals surface area contributed by atoms with E-state index in [0.717, 1.165) is 91.7 Å². The van der Waals surface area contributed by atoms with Gasteiger partial charge in [0, 0.05) is 49.1 Å². The molecule has 0 radical (unpaired) electrons. The van der Waals surface area contributed by atoms with Gasteiger partial charge in [0.2, 0.25) is 5.88 Å². The Bertz CT molecular complexity index is 1170. The molecule has 0 unspecified atom stereocenters. The van der Waals surface area contributed by atoms with E-state index in [1.165, 1.54) is 19.3 Å². The van der Waals surface area contributed by atoms with Crippen LogP contribution >= 0.6 is 24.8 Å². The van der Waals surface area contributed by atoms with Gasteiger partial charge in [-0.15, -0.1) is 29.9 Å². The first-order valence-corrected chi connectivity index (χ1v) is 14.1. The first-order valence-electron chi connectivity index (χ1n) is 14.1. The van der Waals surface area contributed by atoms with E-state index in [0.29, 0.717) is 5.88 Å². The van der Waals surface area contributed by atoms with Crippen molar-refractivity contribution < 1.29 is 9.47 Å². The summed E-state index contributed by atoms with van der Waals surface area (Å²) in [6.07, 6.45) is 15.6. The summed E-state index contributed by atoms with van der Waals surface area (Å²) < 4.78 is 14.8. The van der Waals surface area contributed by atoms with Crippen molar-refractivity contribution in [3.8, 4) is 33.9 Å². The highest BCUT2D eigenvalue weighted by molar-refractivity contribution is 5.85. The molecule has 2 aliphatic rings. The quantitative estimate of drug-likeness (QED) is 0.276. The first kappa shape index (κ1) is 31.2. The molecule has 5 rings (SSSR count). The number of unbranched alkanes of at least 4 members (excludes halogenated alkanes) is 1. The standard InChI is InChI=1S/C30H41N5O2.2ClH/c1-4-5-11-28-26(19-30(33-32-28)37-25-14-16-34(2)17-15-25)22-12-13-29(36-24-9-7-6-8-10-24)27(18-22)23-20-31-35(3)21-23;;/h12-13,18-21,24-25H,4-11,14-17H2,1-3H3;2*1H. The lowest BCUT2D eigenvalue weighted by molar-refractivity contribution is 0.109. The molecule has 7 nitrogen and oxygen atoms in total. The molecule has 0 atom stereocenters. The van der Waals surface area contributed by atoms with Gasteiger partial charge in [0.05, 0.1) is 18.0 Å². The van der Waals surface area contributed by atoms with Crippen molar-refractivity contribution >= 4 is 24.8 Å². The first-order chi connectivity index (χ1) is 18.1. The third-order valence-corrected chi connectivity index (χ3v) is 7.72. The minimum Gasteiger partial charge on any atom is -0.490 e. The van der Waals surface area contributed by atoms with E-state index in [9.17, 15) is 0 Å². The van der Waals surface area contributed by atoms with Gasteiger partial charge in [0.25, 0.3) is 0 Å². The van der Waals surface area contributed by atoms with E-state index in [2.05, 4.69) is 64.6 Å². The summed E-state index contributed by atoms with van der Waals surface area (Å²) in [5.74, 6) is 1.55. The van der Waals surface area contributed by atoms with Crippen molar-refractivity contribution in [1.82, 2.24) is 24.9 Å². The van der Waals surface area contributed by atoms with Crippen molar-refractivity contribution in [3.63, 3.8) is 0 Å². The van der Waals surface area contributed by atoms with Crippen molar-refractivity contribution in [3.05, 3.63) is 42.4 Å². The number of aryl methyl sites for hydroxylation is 2. The van der Waals surface area contributed by atoms with Crippen molar-refractivity contribution in [2.24, 2.45) is 7.05 Å². The third kappa shape index (κ3) is 8.09. The van der Waals surface area contributed by atoms with Crippen LogP contribution in [0.15, 0.2) is 36.7 Å². The number of piperidine rings is 1. The Kier molecular flexibility index (Phi) is 11.9. The monoisotopic (exact) mass is 575 g/mol. The average molecular weight is 577 g/mol. The highest BCUT2D eigenvalue weighted by Crippen LogP contribution is 2.38. The van der Waals surface area contributed by atoms with E-state index in [-0.39, 0.29) is 37.0 Å². The Morgan fingerprint density at radius 3 is 2.28 bits per heavy atom. The molecule has 1 aromatic carbocycles. The Labute approximate surface area is 245 Å². The van der Waals surface area contributed by atoms with Crippen molar-refractivity contribution in [1.29, 1.82) is 0 Å². The van der Waals surface area contributed by atoms with Gasteiger partial charge in [-0.2, -0.15) is 10.2 Å². The predicted octanol–water partition coefficient (Wildman–Crippen LogP) is 6.91. The predicted molar refractivity (Wildman–Crippen MR) is 161 cm³/mol. The fraction of sp³-hybridized carbons (Fsp3) is 0.567. The van der Waals surface area contributed by atoms with Gasteiger partial charge < -0.3 is 14.4 Å². The molecule has 0 bridgehead atoms. The molecular weight excluding hydrogens is 533 g/mol. The van der Waals surface area contributed by atoms with Crippen LogP contribution in [0.25, 0.3) is 22.3 Å². The Hall–Kier alpha value is -2.35. The number of rotatable bonds is 9. The topological polar surface area (TPSA) is 65.3 Å². The SMILES string of the molecule is CCCCc1nnc(OC2CCN(C)CC2)cc1-c1ccc(OC2CCCCC2)c(-c2cnn(C)c2)c1.Cl.Cl. The summed E-state index contributed by atoms with van der Waals surface area (Å²) in [5.41, 5.74) is 5.38. The van der Waals surface area contributed by atoms with Gasteiger partial charge in [-0.1, -0.05) is 25.8 Å². The van der Waals surface area contributed by atoms with E-state index >= 15 is 0 Å². The number of nitrogens with zero attached hydrogens (tertiary/aromatic N) is 5. The summed E-state index contributed by atoms with van der Waals surface area (Å²) in [7, 11) is 4.12. The number of aromatic nitrogens is 4. The van der Waals surface area contributed by atoms with Crippen LogP contribution in [0.3, 0.4) is 0 Å². The fourth-order valence-electron chi connectivity index (χ4n) is 5.46. The highest BCUT2D eigenvalue weighted by Gasteiger charge is 2.22. The fourth-order valence-corrected chi connectivity index (χ4v) is 5.46. The minimum absolute atomic E-state index is 0. The second-order valence-electron chi connectivity index (χ2n) is 10.8. The van der Waals surface area contributed by atoms with Crippen LogP contribution in [-0.2, 0) is 13.5 Å². The van der Waals surface area contributed by atoms with Crippen LogP contribution in [0.2, 0.25) is 0 Å². The zero-order valence-corrected chi connectivity index (χ0v) is 25.1. The number of hydrogen-bond donors (Lipinski definition) is 0. The van der Waals surface area contributed by atoms with Crippen LogP contribution in [0.4, 0.5) is 0 Å². The van der Waals surface area contributed by atoms with Gasteiger partial charge in [0.1, 0.15) is 11.9 Å². The Balaban J connectivity index is 0.00000210. The van der Waals surface area contributed by atoms with Crippen LogP contribution in [-0.4, -0.2) is 57.2 Å². The highest BCUT2D eigenvalue weighted by atomic mass is 35.5. The maximum atomic E-state index is 6.58. The van der Waals surface area contributed by atoms with Crippen LogP contribution in [0.1, 0.15) is 70.4 Å². The normalized spacial score (nSPS) is 16.8. The molecule has 214 valence electrons. The second-order valence-corrected chi connectivity index (χ2v) is 10.8. The van der Waals surface area contributed by atoms with Gasteiger partial charge >= 0.3 is 0 Å². The molecule has 1 aliphatic carbocycles. The molecule has 39 heavy (non-hydrogen) atoms. The summed E-state index contributed by atoms with van der Waals surface area (Å²) in [5, 5.41) is 13.6. The van der Waals surface area contributed by atoms with Crippen LogP contribution in [0.5, 0.6) is 11.6 Å². The maximum absolute atomic E-state index is 6.58. The zero-order valence-electron chi connectivity index (χ0n) is 23.5. The number of halogens is 2. The van der Waals surface area contributed by atoms with Gasteiger partial charge in [-0.3, -0.25) is 4.68 Å². The second kappa shape index (κ2) is 14.9. The number of hydrogen-bond acceptors (Lipinski definition) is 6. The van der Waals surface area contributed by atoms with E-state index in [4.69, 9.17) is 9.47 Å². The molecule has 2 aromatic heterocycles. The molecule has 0 N–H and O–H groups in total. The van der Waals surface area contributed by atoms with E-state index in [1.807, 2.05) is 17.9 Å².